The Morgan fingerprint density at radius 2 is 1.93 bits per heavy atom. The van der Waals surface area contributed by atoms with Gasteiger partial charge in [0.2, 0.25) is 0 Å². The first-order chi connectivity index (χ1) is 20.3. The van der Waals surface area contributed by atoms with Gasteiger partial charge in [0, 0.05) is 47.2 Å². The van der Waals surface area contributed by atoms with Crippen molar-refractivity contribution in [3.63, 3.8) is 0 Å². The highest BCUT2D eigenvalue weighted by Crippen LogP contribution is 2.38. The van der Waals surface area contributed by atoms with E-state index >= 15 is 0 Å². The summed E-state index contributed by atoms with van der Waals surface area (Å²) >= 11 is 0. The summed E-state index contributed by atoms with van der Waals surface area (Å²) in [4.78, 5) is 26.1. The molecule has 1 fully saturated rings. The van der Waals surface area contributed by atoms with Crippen molar-refractivity contribution < 1.29 is 19.2 Å². The minimum atomic E-state index is -0.997. The molecule has 4 heterocycles. The largest absolute Gasteiger partial charge is 0.478 e. The molecule has 1 saturated heterocycles. The second kappa shape index (κ2) is 10.7. The van der Waals surface area contributed by atoms with Crippen LogP contribution in [-0.2, 0) is 10.2 Å². The van der Waals surface area contributed by atoms with E-state index in [4.69, 9.17) is 14.2 Å². The summed E-state index contributed by atoms with van der Waals surface area (Å²) < 4.78 is 10.8. The van der Waals surface area contributed by atoms with E-state index in [9.17, 15) is 15.2 Å². The molecule has 1 aliphatic rings. The molecule has 0 spiro atoms. The predicted octanol–water partition coefficient (Wildman–Crippen LogP) is 6.02. The van der Waals surface area contributed by atoms with Crippen LogP contribution in [0.5, 0.6) is 0 Å². The number of pyridine rings is 1. The number of para-hydroxylation sites is 1. The number of nitriles is 1. The fraction of sp³-hybridized carbons (Fsp3) is 0.250. The zero-order valence-electron chi connectivity index (χ0n) is 23.4. The summed E-state index contributed by atoms with van der Waals surface area (Å²) in [5.74, 6) is -0.559. The molecular formula is C32H28N6O4. The third-order valence-electron chi connectivity index (χ3n) is 7.74. The van der Waals surface area contributed by atoms with Crippen LogP contribution in [0.1, 0.15) is 52.4 Å². The van der Waals surface area contributed by atoms with Gasteiger partial charge in [-0.05, 0) is 62.6 Å². The minimum Gasteiger partial charge on any atom is -0.478 e. The number of anilines is 1. The van der Waals surface area contributed by atoms with Crippen LogP contribution in [0.25, 0.3) is 33.3 Å². The van der Waals surface area contributed by atoms with Crippen LogP contribution in [0, 0.1) is 25.2 Å². The molecule has 42 heavy (non-hydrogen) atoms. The van der Waals surface area contributed by atoms with Crippen molar-refractivity contribution in [3.05, 3.63) is 89.3 Å². The molecule has 0 unspecified atom stereocenters. The van der Waals surface area contributed by atoms with E-state index in [0.717, 1.165) is 38.7 Å². The molecule has 10 nitrogen and oxygen atoms in total. The number of carbonyl (C=O) groups is 1. The Bertz CT molecular complexity index is 1850. The van der Waals surface area contributed by atoms with Gasteiger partial charge in [0.1, 0.15) is 11.7 Å². The highest BCUT2D eigenvalue weighted by Gasteiger charge is 2.40. The lowest BCUT2D eigenvalue weighted by Gasteiger charge is -2.21. The lowest BCUT2D eigenvalue weighted by atomic mass is 9.88. The Morgan fingerprint density at radius 3 is 2.60 bits per heavy atom. The summed E-state index contributed by atoms with van der Waals surface area (Å²) in [6, 6.07) is 15.1. The van der Waals surface area contributed by atoms with Gasteiger partial charge in [-0.1, -0.05) is 23.4 Å². The average Bonchev–Trinajstić information content (AvgIpc) is 3.66. The average molecular weight is 561 g/mol. The van der Waals surface area contributed by atoms with Gasteiger partial charge in [-0.3, -0.25) is 0 Å². The maximum atomic E-state index is 11.8. The molecule has 10 heteroatoms. The smallest absolute Gasteiger partial charge is 0.337 e. The monoisotopic (exact) mass is 560 g/mol. The van der Waals surface area contributed by atoms with Crippen molar-refractivity contribution in [2.45, 2.75) is 38.6 Å². The maximum Gasteiger partial charge on any atom is 0.337 e. The lowest BCUT2D eigenvalue weighted by Crippen LogP contribution is -2.27. The second-order valence-electron chi connectivity index (χ2n) is 10.6. The van der Waals surface area contributed by atoms with Crippen molar-refractivity contribution in [2.75, 3.05) is 18.5 Å². The van der Waals surface area contributed by atoms with Crippen molar-refractivity contribution in [3.8, 4) is 28.5 Å². The Kier molecular flexibility index (Phi) is 6.88. The van der Waals surface area contributed by atoms with Crippen LogP contribution < -0.4 is 5.32 Å². The van der Waals surface area contributed by atoms with Gasteiger partial charge in [-0.2, -0.15) is 5.26 Å². The second-order valence-corrected chi connectivity index (χ2v) is 10.6. The molecule has 0 amide bonds. The number of carboxylic acid groups (broad SMARTS) is 1. The first-order valence-corrected chi connectivity index (χ1v) is 13.6. The predicted molar refractivity (Wildman–Crippen MR) is 156 cm³/mol. The van der Waals surface area contributed by atoms with E-state index in [1.807, 2.05) is 26.8 Å². The van der Waals surface area contributed by atoms with E-state index in [2.05, 4.69) is 38.6 Å². The van der Waals surface area contributed by atoms with Crippen molar-refractivity contribution in [1.82, 2.24) is 20.1 Å². The molecule has 1 aliphatic heterocycles. The number of hydrogen-bond donors (Lipinski definition) is 2. The zero-order valence-corrected chi connectivity index (χ0v) is 23.4. The van der Waals surface area contributed by atoms with Crippen LogP contribution >= 0.6 is 0 Å². The van der Waals surface area contributed by atoms with Crippen LogP contribution in [0.15, 0.2) is 65.6 Å². The van der Waals surface area contributed by atoms with Gasteiger partial charge in [-0.15, -0.1) is 0 Å². The number of ether oxygens (including phenoxy) is 1. The zero-order chi connectivity index (χ0) is 29.4. The summed E-state index contributed by atoms with van der Waals surface area (Å²) in [7, 11) is 0. The molecule has 2 aromatic carbocycles. The van der Waals surface area contributed by atoms with E-state index in [1.54, 1.807) is 42.9 Å². The summed E-state index contributed by atoms with van der Waals surface area (Å²) in [5, 5.41) is 27.9. The number of aromatic nitrogens is 4. The van der Waals surface area contributed by atoms with Gasteiger partial charge in [-0.25, -0.2) is 19.7 Å². The van der Waals surface area contributed by atoms with Crippen LogP contribution in [0.4, 0.5) is 5.69 Å². The first kappa shape index (κ1) is 27.1. The number of hydrogen-bond acceptors (Lipinski definition) is 9. The number of aromatic carboxylic acids is 1. The molecule has 5 aromatic rings. The molecule has 0 radical (unpaired) electrons. The first-order valence-electron chi connectivity index (χ1n) is 13.6. The van der Waals surface area contributed by atoms with E-state index in [1.165, 1.54) is 0 Å². The third-order valence-corrected chi connectivity index (χ3v) is 7.74. The fourth-order valence-electron chi connectivity index (χ4n) is 5.45. The number of fused-ring (bicyclic) bond motifs is 1. The fourth-order valence-corrected chi connectivity index (χ4v) is 5.45. The van der Waals surface area contributed by atoms with Gasteiger partial charge >= 0.3 is 5.97 Å². The number of nitrogens with zero attached hydrogens (tertiary/aromatic N) is 5. The van der Waals surface area contributed by atoms with Crippen molar-refractivity contribution >= 4 is 22.6 Å². The molecule has 0 saturated carbocycles. The number of benzene rings is 2. The Morgan fingerprint density at radius 1 is 1.14 bits per heavy atom. The van der Waals surface area contributed by atoms with Crippen LogP contribution in [-0.4, -0.2) is 44.4 Å². The van der Waals surface area contributed by atoms with Gasteiger partial charge in [0.25, 0.3) is 0 Å². The normalized spacial score (nSPS) is 17.2. The molecule has 0 bridgehead atoms. The molecular weight excluding hydrogens is 532 g/mol. The quantitative estimate of drug-likeness (QED) is 0.242. The molecule has 0 aliphatic carbocycles. The van der Waals surface area contributed by atoms with E-state index in [0.29, 0.717) is 35.9 Å². The number of carboxylic acids is 1. The van der Waals surface area contributed by atoms with E-state index in [-0.39, 0.29) is 18.2 Å². The third kappa shape index (κ3) is 4.74. The molecule has 2 atom stereocenters. The topological polar surface area (TPSA) is 147 Å². The Balaban J connectivity index is 1.50. The maximum absolute atomic E-state index is 11.8. The molecule has 2 N–H and O–H groups in total. The lowest BCUT2D eigenvalue weighted by molar-refractivity contribution is 0.0698. The van der Waals surface area contributed by atoms with Gasteiger partial charge < -0.3 is 19.7 Å². The number of nitrogens with one attached hydrogen (secondary N) is 1. The van der Waals surface area contributed by atoms with Gasteiger partial charge in [0.15, 0.2) is 5.82 Å². The van der Waals surface area contributed by atoms with Crippen molar-refractivity contribution in [1.29, 1.82) is 5.26 Å². The van der Waals surface area contributed by atoms with Gasteiger partial charge in [0.05, 0.1) is 40.7 Å². The Hall–Kier alpha value is -5.14. The molecule has 210 valence electrons. The molecule has 6 rings (SSSR count). The van der Waals surface area contributed by atoms with Crippen LogP contribution in [0.2, 0.25) is 0 Å². The number of rotatable bonds is 7. The molecule has 3 aromatic heterocycles. The summed E-state index contributed by atoms with van der Waals surface area (Å²) in [6.07, 6.45) is 5.55. The van der Waals surface area contributed by atoms with Crippen LogP contribution in [0.3, 0.4) is 0 Å². The highest BCUT2D eigenvalue weighted by molar-refractivity contribution is 5.96. The highest BCUT2D eigenvalue weighted by atomic mass is 16.5. The minimum absolute atomic E-state index is 0.199. The number of aryl methyl sites for hydroxylation is 2. The van der Waals surface area contributed by atoms with E-state index < -0.39 is 11.4 Å². The Labute approximate surface area is 242 Å². The summed E-state index contributed by atoms with van der Waals surface area (Å²) in [5.41, 5.74) is 6.23. The SMILES string of the molecule is Cc1cc([C@@H](C)Nc2ccccc2C(=O)O)c2cc(-c3cnc([C@@]4(C#N)CCOC4)nc3)c(-c3conc3C)nc2c1. The standard InChI is InChI=1S/C32H28N6O4/c1-18-10-23(19(2)36-27-7-5-4-6-22(27)30(39)40)25-12-24(29(37-28(25)11-18)26-15-42-38-20(26)3)21-13-34-31(35-14-21)32(16-33)8-9-41-17-32/h4-7,10-15,19,36H,8-9,17H2,1-3H3,(H,39,40)/t19-,32-/m1/s1. The summed E-state index contributed by atoms with van der Waals surface area (Å²) in [6.45, 7) is 6.62. The van der Waals surface area contributed by atoms with Crippen molar-refractivity contribution in [2.24, 2.45) is 0 Å².